The van der Waals surface area contributed by atoms with Gasteiger partial charge in [-0.05, 0) is 24.1 Å². The second-order valence-electron chi connectivity index (χ2n) is 8.37. The van der Waals surface area contributed by atoms with Crippen LogP contribution in [-0.2, 0) is 9.59 Å². The summed E-state index contributed by atoms with van der Waals surface area (Å²) in [5.41, 5.74) is 6.05. The number of carbonyl (C=O) groups excluding carboxylic acids is 2. The zero-order chi connectivity index (χ0) is 24.4. The summed E-state index contributed by atoms with van der Waals surface area (Å²) in [5.74, 6) is -1.62. The number of nitrogens with one attached hydrogen (secondary N) is 1. The number of amides is 2. The van der Waals surface area contributed by atoms with E-state index in [4.69, 9.17) is 19.6 Å². The molecule has 1 aliphatic rings. The number of hydrogen-bond acceptors (Lipinski definition) is 7. The van der Waals surface area contributed by atoms with E-state index in [1.165, 1.54) is 12.3 Å². The summed E-state index contributed by atoms with van der Waals surface area (Å²) in [6.45, 7) is 3.70. The largest absolute Gasteiger partial charge is 0.508 e. The summed E-state index contributed by atoms with van der Waals surface area (Å²) in [6, 6.07) is 8.83. The van der Waals surface area contributed by atoms with Crippen molar-refractivity contribution in [1.82, 2.24) is 5.32 Å². The summed E-state index contributed by atoms with van der Waals surface area (Å²) in [5, 5.41) is 13.8. The molecule has 9 nitrogen and oxygen atoms in total. The summed E-state index contributed by atoms with van der Waals surface area (Å²) in [6.07, 6.45) is 1.69. The maximum atomic E-state index is 13.4. The van der Waals surface area contributed by atoms with E-state index in [9.17, 15) is 19.5 Å². The molecule has 3 atom stereocenters. The topological polar surface area (TPSA) is 141 Å². The number of para-hydroxylation sites is 1. The number of fused-ring (bicyclic) bond motifs is 2. The summed E-state index contributed by atoms with van der Waals surface area (Å²) < 4.78 is 16.4. The Kier molecular flexibility index (Phi) is 6.45. The molecule has 2 heterocycles. The van der Waals surface area contributed by atoms with Crippen LogP contribution < -0.4 is 26.0 Å². The number of primary amides is 1. The average molecular weight is 466 g/mol. The van der Waals surface area contributed by atoms with Gasteiger partial charge < -0.3 is 30.0 Å². The van der Waals surface area contributed by atoms with Crippen molar-refractivity contribution in [2.45, 2.75) is 38.6 Å². The Morgan fingerprint density at radius 3 is 2.56 bits per heavy atom. The molecule has 34 heavy (non-hydrogen) atoms. The van der Waals surface area contributed by atoms with Crippen molar-refractivity contribution in [1.29, 1.82) is 0 Å². The van der Waals surface area contributed by atoms with Crippen molar-refractivity contribution >= 4 is 22.8 Å². The third-order valence-corrected chi connectivity index (χ3v) is 6.20. The molecule has 1 aromatic heterocycles. The van der Waals surface area contributed by atoms with Crippen LogP contribution in [0.5, 0.6) is 17.2 Å². The zero-order valence-corrected chi connectivity index (χ0v) is 18.9. The molecule has 9 heteroatoms. The first-order chi connectivity index (χ1) is 16.3. The molecular formula is C25H26N2O7. The Hall–Kier alpha value is -4.01. The highest BCUT2D eigenvalue weighted by Crippen LogP contribution is 2.42. The Morgan fingerprint density at radius 2 is 1.85 bits per heavy atom. The maximum absolute atomic E-state index is 13.4. The van der Waals surface area contributed by atoms with Gasteiger partial charge in [0.05, 0.1) is 11.6 Å². The second kappa shape index (κ2) is 9.46. The highest BCUT2D eigenvalue weighted by molar-refractivity contribution is 5.87. The van der Waals surface area contributed by atoms with Gasteiger partial charge in [-0.15, -0.1) is 0 Å². The van der Waals surface area contributed by atoms with Crippen molar-refractivity contribution in [3.63, 3.8) is 0 Å². The van der Waals surface area contributed by atoms with Crippen LogP contribution in [0.25, 0.3) is 11.0 Å². The minimum atomic E-state index is -0.888. The second-order valence-corrected chi connectivity index (χ2v) is 8.37. The molecule has 1 aliphatic heterocycles. The van der Waals surface area contributed by atoms with Crippen LogP contribution in [-0.4, -0.2) is 29.8 Å². The van der Waals surface area contributed by atoms with Gasteiger partial charge in [-0.2, -0.15) is 0 Å². The fraction of sp³-hybridized carbons (Fsp3) is 0.320. The smallest absolute Gasteiger partial charge is 0.240 e. The molecule has 0 aliphatic carbocycles. The first-order valence-electron chi connectivity index (χ1n) is 11.0. The van der Waals surface area contributed by atoms with Crippen molar-refractivity contribution in [3.05, 3.63) is 64.0 Å². The number of nitrogens with two attached hydrogens (primary N) is 1. The molecular weight excluding hydrogens is 440 g/mol. The molecule has 2 aromatic carbocycles. The van der Waals surface area contributed by atoms with Crippen LogP contribution in [0.2, 0.25) is 0 Å². The van der Waals surface area contributed by atoms with Crippen molar-refractivity contribution in [2.24, 2.45) is 11.7 Å². The van der Waals surface area contributed by atoms with Crippen molar-refractivity contribution in [2.75, 3.05) is 6.79 Å². The van der Waals surface area contributed by atoms with E-state index in [0.29, 0.717) is 34.5 Å². The first-order valence-corrected chi connectivity index (χ1v) is 11.0. The molecule has 0 fully saturated rings. The number of rotatable bonds is 8. The van der Waals surface area contributed by atoms with Crippen LogP contribution in [0.4, 0.5) is 0 Å². The molecule has 3 aromatic rings. The van der Waals surface area contributed by atoms with E-state index >= 15 is 0 Å². The number of phenols is 1. The van der Waals surface area contributed by atoms with Crippen molar-refractivity contribution < 1.29 is 28.6 Å². The van der Waals surface area contributed by atoms with Crippen LogP contribution in [0.3, 0.4) is 0 Å². The normalized spacial score (nSPS) is 15.0. The molecule has 0 bridgehead atoms. The van der Waals surface area contributed by atoms with E-state index < -0.39 is 23.8 Å². The lowest BCUT2D eigenvalue weighted by molar-refractivity contribution is -0.128. The lowest BCUT2D eigenvalue weighted by Gasteiger charge is -2.23. The van der Waals surface area contributed by atoms with Gasteiger partial charge in [0.25, 0.3) is 0 Å². The molecule has 2 amide bonds. The molecule has 0 saturated heterocycles. The molecule has 0 unspecified atom stereocenters. The first kappa shape index (κ1) is 23.2. The highest BCUT2D eigenvalue weighted by atomic mass is 16.7. The van der Waals surface area contributed by atoms with E-state index in [2.05, 4.69) is 5.32 Å². The maximum Gasteiger partial charge on any atom is 0.240 e. The number of benzene rings is 2. The van der Waals surface area contributed by atoms with Crippen molar-refractivity contribution in [3.8, 4) is 17.2 Å². The summed E-state index contributed by atoms with van der Waals surface area (Å²) in [7, 11) is 0. The zero-order valence-electron chi connectivity index (χ0n) is 18.9. The van der Waals surface area contributed by atoms with Crippen LogP contribution in [0, 0.1) is 5.92 Å². The Labute approximate surface area is 195 Å². The van der Waals surface area contributed by atoms with E-state index in [0.717, 1.165) is 0 Å². The van der Waals surface area contributed by atoms with Gasteiger partial charge in [0.15, 0.2) is 16.9 Å². The van der Waals surface area contributed by atoms with Gasteiger partial charge in [0, 0.05) is 29.5 Å². The van der Waals surface area contributed by atoms with Gasteiger partial charge in [0.2, 0.25) is 18.6 Å². The molecule has 4 rings (SSSR count). The molecule has 178 valence electrons. The van der Waals surface area contributed by atoms with Gasteiger partial charge in [-0.25, -0.2) is 0 Å². The van der Waals surface area contributed by atoms with E-state index in [-0.39, 0.29) is 35.9 Å². The molecule has 0 radical (unpaired) electrons. The fourth-order valence-corrected chi connectivity index (χ4v) is 4.09. The Bertz CT molecular complexity index is 1300. The fourth-order valence-electron chi connectivity index (χ4n) is 4.09. The summed E-state index contributed by atoms with van der Waals surface area (Å²) in [4.78, 5) is 38.3. The van der Waals surface area contributed by atoms with E-state index in [1.807, 2.05) is 13.8 Å². The number of hydrogen-bond donors (Lipinski definition) is 3. The summed E-state index contributed by atoms with van der Waals surface area (Å²) >= 11 is 0. The number of carbonyl (C=O) groups is 2. The van der Waals surface area contributed by atoms with Crippen LogP contribution >= 0.6 is 0 Å². The lowest BCUT2D eigenvalue weighted by Crippen LogP contribution is -2.48. The van der Waals surface area contributed by atoms with Gasteiger partial charge in [-0.1, -0.05) is 32.4 Å². The highest BCUT2D eigenvalue weighted by Gasteiger charge is 2.30. The van der Waals surface area contributed by atoms with Gasteiger partial charge >= 0.3 is 0 Å². The average Bonchev–Trinajstić information content (AvgIpc) is 3.28. The quantitative estimate of drug-likeness (QED) is 0.463. The third-order valence-electron chi connectivity index (χ3n) is 6.20. The monoisotopic (exact) mass is 466 g/mol. The SMILES string of the molecule is CC[C@H](C)[C@H](NC(=O)C[C@H](c1cc2c(cc1O)OCO2)c1coc2ccccc2c1=O)C(N)=O. The van der Waals surface area contributed by atoms with Gasteiger partial charge in [-0.3, -0.25) is 14.4 Å². The predicted molar refractivity (Wildman–Crippen MR) is 124 cm³/mol. The Morgan fingerprint density at radius 1 is 1.15 bits per heavy atom. The number of ether oxygens (including phenoxy) is 2. The standard InChI is InChI=1S/C25H26N2O7/c1-3-13(2)23(25(26)31)27-22(29)9-15(16-8-20-21(10-18(16)28)34-12-33-20)17-11-32-19-7-5-4-6-14(19)24(17)30/h4-8,10-11,13,15,23,28H,3,9,12H2,1-2H3,(H2,26,31)(H,27,29)/t13-,15+,23-/m0/s1. The third kappa shape index (κ3) is 4.41. The van der Waals surface area contributed by atoms with Crippen LogP contribution in [0.15, 0.2) is 51.9 Å². The Balaban J connectivity index is 1.77. The van der Waals surface area contributed by atoms with Crippen LogP contribution in [0.1, 0.15) is 43.7 Å². The number of aromatic hydroxyl groups is 1. The van der Waals surface area contributed by atoms with E-state index in [1.54, 1.807) is 30.3 Å². The minimum Gasteiger partial charge on any atom is -0.508 e. The minimum absolute atomic E-state index is 0.00328. The molecule has 4 N–H and O–H groups in total. The lowest BCUT2D eigenvalue weighted by atomic mass is 9.87. The number of phenolic OH excluding ortho intramolecular Hbond substituents is 1. The van der Waals surface area contributed by atoms with Gasteiger partial charge in [0.1, 0.15) is 17.4 Å². The predicted octanol–water partition coefficient (Wildman–Crippen LogP) is 2.77. The molecule has 0 spiro atoms. The molecule has 0 saturated carbocycles.